The van der Waals surface area contributed by atoms with Gasteiger partial charge in [-0.1, -0.05) is 3.89 Å². The number of hydrogen-bond acceptors (Lipinski definition) is 3. The third kappa shape index (κ3) is 2.97. The Morgan fingerprint density at radius 1 is 0.833 bits per heavy atom. The molecule has 1 atom stereocenters. The summed E-state index contributed by atoms with van der Waals surface area (Å²) in [7, 11) is -6.53. The van der Waals surface area contributed by atoms with Crippen LogP contribution in [0.5, 0.6) is 0 Å². The van der Waals surface area contributed by atoms with Crippen molar-refractivity contribution in [1.29, 1.82) is 0 Å². The van der Waals surface area contributed by atoms with Crippen molar-refractivity contribution < 1.29 is 52.5 Å². The SMILES string of the molecule is O=S(=O)(F)NC(O)(F)C(F)(F)C(F)(F)C(F)(F)F. The lowest BCUT2D eigenvalue weighted by Gasteiger charge is -2.34. The van der Waals surface area contributed by atoms with Gasteiger partial charge in [-0.15, -0.1) is 4.72 Å². The van der Waals surface area contributed by atoms with Crippen LogP contribution < -0.4 is 4.72 Å². The van der Waals surface area contributed by atoms with Crippen molar-refractivity contribution in [3.05, 3.63) is 0 Å². The van der Waals surface area contributed by atoms with Crippen molar-refractivity contribution >= 4 is 10.4 Å². The van der Waals surface area contributed by atoms with E-state index in [0.29, 0.717) is 0 Å². The van der Waals surface area contributed by atoms with Crippen LogP contribution in [0.3, 0.4) is 0 Å². The molecule has 0 saturated heterocycles. The van der Waals surface area contributed by atoms with E-state index in [0.717, 1.165) is 0 Å². The normalized spacial score (nSPS) is 18.6. The molecular weight excluding hydrogens is 313 g/mol. The molecule has 2 N–H and O–H groups in total. The van der Waals surface area contributed by atoms with E-state index < -0.39 is 39.1 Å². The van der Waals surface area contributed by atoms with Crippen LogP contribution in [0.25, 0.3) is 0 Å². The topological polar surface area (TPSA) is 66.4 Å². The first-order chi connectivity index (χ1) is 7.46. The Balaban J connectivity index is 5.64. The zero-order valence-electron chi connectivity index (χ0n) is 7.57. The highest BCUT2D eigenvalue weighted by molar-refractivity contribution is 7.84. The minimum atomic E-state index is -7.17. The van der Waals surface area contributed by atoms with Gasteiger partial charge in [0.1, 0.15) is 0 Å². The average molecular weight is 315 g/mol. The Labute approximate surface area is 92.7 Å². The van der Waals surface area contributed by atoms with Gasteiger partial charge in [-0.2, -0.15) is 43.5 Å². The van der Waals surface area contributed by atoms with Gasteiger partial charge in [0.15, 0.2) is 0 Å². The van der Waals surface area contributed by atoms with Crippen molar-refractivity contribution in [3.8, 4) is 0 Å². The second kappa shape index (κ2) is 4.12. The van der Waals surface area contributed by atoms with E-state index in [2.05, 4.69) is 0 Å². The molecule has 0 aromatic rings. The number of aliphatic hydroxyl groups is 1. The summed E-state index contributed by atoms with van der Waals surface area (Å²) in [5, 5.41) is 7.95. The molecule has 18 heavy (non-hydrogen) atoms. The fourth-order valence-corrected chi connectivity index (χ4v) is 1.06. The summed E-state index contributed by atoms with van der Waals surface area (Å²) in [4.78, 5) is 0. The predicted octanol–water partition coefficient (Wildman–Crippen LogP) is 1.24. The minimum absolute atomic E-state index is 0.722. The lowest BCUT2D eigenvalue weighted by Crippen LogP contribution is -2.67. The van der Waals surface area contributed by atoms with Gasteiger partial charge in [-0.25, -0.2) is 0 Å². The smallest absolute Gasteiger partial charge is 0.344 e. The van der Waals surface area contributed by atoms with Crippen molar-refractivity contribution in [2.45, 2.75) is 24.0 Å². The van der Waals surface area contributed by atoms with Crippen LogP contribution in [0.15, 0.2) is 0 Å². The first kappa shape index (κ1) is 17.2. The molecule has 0 heterocycles. The standard InChI is InChI=1S/C4H2F9NO3S/c5-1(6,3(9,10)11)2(7,8)4(12,15)14-18(13,16)17/h14-15H. The monoisotopic (exact) mass is 315 g/mol. The second-order valence-electron chi connectivity index (χ2n) is 2.81. The molecule has 0 radical (unpaired) electrons. The summed E-state index contributed by atoms with van der Waals surface area (Å²) in [5.74, 6) is -20.4. The van der Waals surface area contributed by atoms with Gasteiger partial charge >= 0.3 is 34.4 Å². The van der Waals surface area contributed by atoms with E-state index in [4.69, 9.17) is 5.11 Å². The molecule has 14 heteroatoms. The molecule has 1 unspecified atom stereocenters. The first-order valence-corrected chi connectivity index (χ1v) is 4.81. The van der Waals surface area contributed by atoms with E-state index in [-0.39, 0.29) is 0 Å². The predicted molar refractivity (Wildman–Crippen MR) is 35.2 cm³/mol. The molecule has 0 bridgehead atoms. The third-order valence-corrected chi connectivity index (χ3v) is 1.94. The molecular formula is C4H2F9NO3S. The Morgan fingerprint density at radius 2 is 1.17 bits per heavy atom. The van der Waals surface area contributed by atoms with Crippen molar-refractivity contribution in [1.82, 2.24) is 4.72 Å². The molecule has 0 aromatic heterocycles. The van der Waals surface area contributed by atoms with E-state index in [9.17, 15) is 47.4 Å². The summed E-state index contributed by atoms with van der Waals surface area (Å²) in [6, 6.07) is 0. The number of nitrogens with one attached hydrogen (secondary N) is 1. The Bertz CT molecular complexity index is 412. The van der Waals surface area contributed by atoms with Gasteiger partial charge < -0.3 is 5.11 Å². The molecule has 0 spiro atoms. The number of hydrogen-bond donors (Lipinski definition) is 2. The minimum Gasteiger partial charge on any atom is -0.344 e. The molecule has 0 aliphatic heterocycles. The van der Waals surface area contributed by atoms with Crippen LogP contribution in [0.4, 0.5) is 39.0 Å². The molecule has 0 amide bonds. The number of rotatable bonds is 4. The lowest BCUT2D eigenvalue weighted by atomic mass is 10.1. The number of alkyl halides is 8. The molecule has 0 aliphatic rings. The molecule has 0 aliphatic carbocycles. The van der Waals surface area contributed by atoms with Crippen molar-refractivity contribution in [3.63, 3.8) is 0 Å². The second-order valence-corrected chi connectivity index (χ2v) is 3.89. The summed E-state index contributed by atoms with van der Waals surface area (Å²) < 4.78 is 126. The van der Waals surface area contributed by atoms with Crippen molar-refractivity contribution in [2.75, 3.05) is 0 Å². The first-order valence-electron chi connectivity index (χ1n) is 3.43. The maximum absolute atomic E-state index is 12.5. The van der Waals surface area contributed by atoms with Crippen LogP contribution in [0.2, 0.25) is 0 Å². The van der Waals surface area contributed by atoms with Crippen LogP contribution in [0.1, 0.15) is 0 Å². The van der Waals surface area contributed by atoms with Gasteiger partial charge in [-0.3, -0.25) is 0 Å². The largest absolute Gasteiger partial charge is 0.460 e. The van der Waals surface area contributed by atoms with Gasteiger partial charge in [0, 0.05) is 0 Å². The van der Waals surface area contributed by atoms with E-state index in [1.807, 2.05) is 0 Å². The fraction of sp³-hybridized carbons (Fsp3) is 1.00. The van der Waals surface area contributed by atoms with Crippen LogP contribution in [-0.2, 0) is 10.4 Å². The molecule has 4 nitrogen and oxygen atoms in total. The highest BCUT2D eigenvalue weighted by Crippen LogP contribution is 2.51. The van der Waals surface area contributed by atoms with E-state index in [1.165, 1.54) is 0 Å². The van der Waals surface area contributed by atoms with E-state index >= 15 is 0 Å². The zero-order chi connectivity index (χ0) is 15.2. The highest BCUT2D eigenvalue weighted by Gasteiger charge is 2.81. The summed E-state index contributed by atoms with van der Waals surface area (Å²) in [6.07, 6.45) is -7.03. The fourth-order valence-electron chi connectivity index (χ4n) is 0.612. The summed E-state index contributed by atoms with van der Waals surface area (Å²) in [6.45, 7) is 0. The number of halogens is 9. The Kier molecular flexibility index (Phi) is 3.95. The van der Waals surface area contributed by atoms with Crippen LogP contribution in [-0.4, -0.2) is 37.5 Å². The van der Waals surface area contributed by atoms with Gasteiger partial charge in [0.05, 0.1) is 0 Å². The molecule has 110 valence electrons. The molecule has 0 saturated carbocycles. The van der Waals surface area contributed by atoms with E-state index in [1.54, 1.807) is 0 Å². The molecule has 0 rings (SSSR count). The quantitative estimate of drug-likeness (QED) is 0.355. The highest BCUT2D eigenvalue weighted by atomic mass is 32.3. The summed E-state index contributed by atoms with van der Waals surface area (Å²) in [5.41, 5.74) is 0. The average Bonchev–Trinajstić information content (AvgIpc) is 1.95. The molecule has 0 aromatic carbocycles. The Morgan fingerprint density at radius 3 is 1.39 bits per heavy atom. The zero-order valence-corrected chi connectivity index (χ0v) is 8.39. The van der Waals surface area contributed by atoms with Crippen LogP contribution in [0, 0.1) is 0 Å². The maximum atomic E-state index is 12.5. The lowest BCUT2D eigenvalue weighted by molar-refractivity contribution is -0.410. The molecule has 0 fully saturated rings. The third-order valence-electron chi connectivity index (χ3n) is 1.42. The summed E-state index contributed by atoms with van der Waals surface area (Å²) >= 11 is 0. The van der Waals surface area contributed by atoms with Gasteiger partial charge in [0.2, 0.25) is 0 Å². The van der Waals surface area contributed by atoms with Crippen LogP contribution >= 0.6 is 0 Å². The van der Waals surface area contributed by atoms with Crippen molar-refractivity contribution in [2.24, 2.45) is 0 Å². The Hall–Kier alpha value is -0.760. The van der Waals surface area contributed by atoms with Gasteiger partial charge in [0.25, 0.3) is 0 Å². The van der Waals surface area contributed by atoms with Gasteiger partial charge in [-0.05, 0) is 0 Å². The maximum Gasteiger partial charge on any atom is 0.460 e.